The van der Waals surface area contributed by atoms with Crippen LogP contribution in [0.3, 0.4) is 0 Å². The van der Waals surface area contributed by atoms with Gasteiger partial charge < -0.3 is 10.6 Å². The van der Waals surface area contributed by atoms with Crippen molar-refractivity contribution < 1.29 is 4.79 Å². The lowest BCUT2D eigenvalue weighted by atomic mass is 9.83. The summed E-state index contributed by atoms with van der Waals surface area (Å²) in [5.41, 5.74) is 7.29. The van der Waals surface area contributed by atoms with E-state index in [1.807, 2.05) is 23.7 Å². The molecule has 1 fully saturated rings. The Hall–Kier alpha value is -0.520. The van der Waals surface area contributed by atoms with Crippen molar-refractivity contribution in [3.05, 3.63) is 21.4 Å². The van der Waals surface area contributed by atoms with Crippen molar-refractivity contribution >= 4 is 29.0 Å². The molecule has 2 N–H and O–H groups in total. The molecule has 0 bridgehead atoms. The summed E-state index contributed by atoms with van der Waals surface area (Å²) >= 11 is 3.68. The fraction of sp³-hybridized carbons (Fsp3) is 0.688. The lowest BCUT2D eigenvalue weighted by Gasteiger charge is -2.37. The molecule has 0 spiro atoms. The lowest BCUT2D eigenvalue weighted by Crippen LogP contribution is -2.45. The van der Waals surface area contributed by atoms with Crippen LogP contribution in [0.1, 0.15) is 45.8 Å². The molecule has 21 heavy (non-hydrogen) atoms. The van der Waals surface area contributed by atoms with Crippen LogP contribution in [0.25, 0.3) is 0 Å². The quantitative estimate of drug-likeness (QED) is 0.929. The van der Waals surface area contributed by atoms with Gasteiger partial charge >= 0.3 is 0 Å². The van der Waals surface area contributed by atoms with Crippen LogP contribution >= 0.6 is 23.1 Å². The third-order valence-corrected chi connectivity index (χ3v) is 7.06. The van der Waals surface area contributed by atoms with Crippen LogP contribution < -0.4 is 5.73 Å². The summed E-state index contributed by atoms with van der Waals surface area (Å²) in [5, 5.41) is 0. The zero-order valence-electron chi connectivity index (χ0n) is 12.6. The van der Waals surface area contributed by atoms with Crippen molar-refractivity contribution in [3.8, 4) is 0 Å². The van der Waals surface area contributed by atoms with Gasteiger partial charge in [0.2, 0.25) is 0 Å². The Morgan fingerprint density at radius 2 is 2.24 bits per heavy atom. The number of fused-ring (bicyclic) bond motifs is 1. The maximum Gasteiger partial charge on any atom is 0.263 e. The molecule has 5 heteroatoms. The van der Waals surface area contributed by atoms with E-state index in [2.05, 4.69) is 6.07 Å². The highest BCUT2D eigenvalue weighted by Gasteiger charge is 2.31. The Kier molecular flexibility index (Phi) is 4.92. The van der Waals surface area contributed by atoms with Gasteiger partial charge in [0.1, 0.15) is 0 Å². The monoisotopic (exact) mass is 324 g/mol. The number of thiophene rings is 1. The van der Waals surface area contributed by atoms with Crippen LogP contribution in [-0.4, -0.2) is 36.2 Å². The van der Waals surface area contributed by atoms with Crippen LogP contribution in [0.5, 0.6) is 0 Å². The normalized spacial score (nSPS) is 25.4. The molecule has 0 aromatic carbocycles. The van der Waals surface area contributed by atoms with Crippen molar-refractivity contribution in [2.75, 3.05) is 19.3 Å². The van der Waals surface area contributed by atoms with E-state index in [9.17, 15) is 4.79 Å². The summed E-state index contributed by atoms with van der Waals surface area (Å²) in [6.07, 6.45) is 5.86. The summed E-state index contributed by atoms with van der Waals surface area (Å²) in [5.74, 6) is 2.93. The van der Waals surface area contributed by atoms with Gasteiger partial charge in [0.05, 0.1) is 4.88 Å². The molecule has 1 aromatic heterocycles. The molecule has 2 aliphatic rings. The molecular formula is C16H24N2OS2. The smallest absolute Gasteiger partial charge is 0.263 e. The van der Waals surface area contributed by atoms with Gasteiger partial charge in [-0.2, -0.15) is 11.8 Å². The topological polar surface area (TPSA) is 46.3 Å². The van der Waals surface area contributed by atoms with Crippen LogP contribution in [0.2, 0.25) is 0 Å². The van der Waals surface area contributed by atoms with Gasteiger partial charge in [-0.1, -0.05) is 12.8 Å². The van der Waals surface area contributed by atoms with Gasteiger partial charge in [0, 0.05) is 23.7 Å². The second-order valence-electron chi connectivity index (χ2n) is 6.13. The van der Waals surface area contributed by atoms with E-state index in [4.69, 9.17) is 5.73 Å². The molecule has 116 valence electrons. The number of rotatable bonds is 3. The van der Waals surface area contributed by atoms with E-state index in [1.165, 1.54) is 29.0 Å². The summed E-state index contributed by atoms with van der Waals surface area (Å²) < 4.78 is 0. The third-order valence-electron chi connectivity index (χ3n) is 4.83. The van der Waals surface area contributed by atoms with Crippen molar-refractivity contribution in [2.24, 2.45) is 11.7 Å². The average molecular weight is 325 g/mol. The Morgan fingerprint density at radius 3 is 3.00 bits per heavy atom. The molecule has 2 heterocycles. The number of nitrogens with zero attached hydrogens (tertiary/aromatic N) is 1. The van der Waals surface area contributed by atoms with Crippen LogP contribution in [-0.2, 0) is 12.2 Å². The van der Waals surface area contributed by atoms with Crippen molar-refractivity contribution in [1.82, 2.24) is 4.90 Å². The number of aryl methyl sites for hydroxylation is 1. The molecule has 1 amide bonds. The van der Waals surface area contributed by atoms with Gasteiger partial charge in [-0.05, 0) is 49.1 Å². The zero-order valence-corrected chi connectivity index (χ0v) is 14.3. The van der Waals surface area contributed by atoms with Crippen molar-refractivity contribution in [2.45, 2.75) is 43.9 Å². The first-order chi connectivity index (χ1) is 10.2. The highest BCUT2D eigenvalue weighted by Crippen LogP contribution is 2.34. The summed E-state index contributed by atoms with van der Waals surface area (Å²) in [4.78, 5) is 17.1. The van der Waals surface area contributed by atoms with Gasteiger partial charge in [-0.25, -0.2) is 0 Å². The molecule has 2 atom stereocenters. The Labute approximate surface area is 135 Å². The van der Waals surface area contributed by atoms with E-state index in [0.717, 1.165) is 29.9 Å². The molecule has 1 saturated carbocycles. The standard InChI is InChI=1S/C16H24N2OS2/c1-18(13-5-3-2-4-11(13)9-17)16(19)15-8-12-10-20-7-6-14(12)21-15/h8,11,13H,2-7,9-10,17H2,1H3. The number of carbonyl (C=O) groups excluding carboxylic acids is 1. The molecule has 3 rings (SSSR count). The Bertz CT molecular complexity index is 491. The fourth-order valence-corrected chi connectivity index (χ4v) is 5.91. The molecule has 1 aromatic rings. The summed E-state index contributed by atoms with van der Waals surface area (Å²) in [6, 6.07) is 2.45. The number of nitrogens with two attached hydrogens (primary N) is 1. The number of hydrogen-bond donors (Lipinski definition) is 1. The largest absolute Gasteiger partial charge is 0.338 e. The maximum absolute atomic E-state index is 12.8. The molecule has 0 saturated heterocycles. The highest BCUT2D eigenvalue weighted by molar-refractivity contribution is 7.98. The third kappa shape index (κ3) is 3.15. The SMILES string of the molecule is CN(C(=O)c1cc2c(s1)CCSC2)C1CCCCC1CN. The molecular weight excluding hydrogens is 300 g/mol. The number of thioether (sulfide) groups is 1. The minimum Gasteiger partial charge on any atom is -0.338 e. The predicted octanol–water partition coefficient (Wildman–Crippen LogP) is 3.13. The first kappa shape index (κ1) is 15.4. The molecule has 0 radical (unpaired) electrons. The number of amides is 1. The van der Waals surface area contributed by atoms with Crippen molar-refractivity contribution in [1.29, 1.82) is 0 Å². The summed E-state index contributed by atoms with van der Waals surface area (Å²) in [7, 11) is 1.97. The molecule has 2 unspecified atom stereocenters. The van der Waals surface area contributed by atoms with E-state index < -0.39 is 0 Å². The van der Waals surface area contributed by atoms with E-state index >= 15 is 0 Å². The van der Waals surface area contributed by atoms with Gasteiger partial charge in [-0.15, -0.1) is 11.3 Å². The van der Waals surface area contributed by atoms with Crippen LogP contribution in [0.15, 0.2) is 6.07 Å². The Morgan fingerprint density at radius 1 is 1.43 bits per heavy atom. The van der Waals surface area contributed by atoms with Crippen molar-refractivity contribution in [3.63, 3.8) is 0 Å². The maximum atomic E-state index is 12.8. The van der Waals surface area contributed by atoms with Gasteiger partial charge in [-0.3, -0.25) is 4.79 Å². The lowest BCUT2D eigenvalue weighted by molar-refractivity contribution is 0.0625. The molecule has 1 aliphatic heterocycles. The second-order valence-corrected chi connectivity index (χ2v) is 8.37. The molecule has 1 aliphatic carbocycles. The number of hydrogen-bond acceptors (Lipinski definition) is 4. The molecule has 3 nitrogen and oxygen atoms in total. The Balaban J connectivity index is 1.75. The first-order valence-electron chi connectivity index (χ1n) is 7.87. The summed E-state index contributed by atoms with van der Waals surface area (Å²) in [6.45, 7) is 0.694. The minimum atomic E-state index is 0.199. The fourth-order valence-electron chi connectivity index (χ4n) is 3.55. The average Bonchev–Trinajstić information content (AvgIpc) is 2.97. The van der Waals surface area contributed by atoms with E-state index in [-0.39, 0.29) is 5.91 Å². The van der Waals surface area contributed by atoms with E-state index in [0.29, 0.717) is 18.5 Å². The highest BCUT2D eigenvalue weighted by atomic mass is 32.2. The van der Waals surface area contributed by atoms with Crippen LogP contribution in [0, 0.1) is 5.92 Å². The second kappa shape index (κ2) is 6.71. The first-order valence-corrected chi connectivity index (χ1v) is 9.84. The van der Waals surface area contributed by atoms with E-state index in [1.54, 1.807) is 11.3 Å². The predicted molar refractivity (Wildman–Crippen MR) is 91.1 cm³/mol. The minimum absolute atomic E-state index is 0.199. The van der Waals surface area contributed by atoms with Gasteiger partial charge in [0.25, 0.3) is 5.91 Å². The number of carbonyl (C=O) groups is 1. The van der Waals surface area contributed by atoms with Crippen LogP contribution in [0.4, 0.5) is 0 Å². The van der Waals surface area contributed by atoms with Gasteiger partial charge in [0.15, 0.2) is 0 Å². The zero-order chi connectivity index (χ0) is 14.8.